The van der Waals surface area contributed by atoms with E-state index in [0.717, 1.165) is 40.0 Å². The number of ether oxygens (including phenoxy) is 1. The molecule has 3 rings (SSSR count). The smallest absolute Gasteiger partial charge is 0.270 e. The Labute approximate surface area is 227 Å². The van der Waals surface area contributed by atoms with Crippen molar-refractivity contribution >= 4 is 49.1 Å². The normalized spacial score (nSPS) is 11.3. The number of sulfonamides is 1. The molecule has 0 aliphatic carbocycles. The Bertz CT molecular complexity index is 1260. The van der Waals surface area contributed by atoms with Gasteiger partial charge in [-0.25, -0.2) is 12.7 Å². The maximum absolute atomic E-state index is 13.5. The lowest BCUT2D eigenvalue weighted by atomic mass is 10.1. The number of carbonyl (C=O) groups excluding carboxylic acids is 1. The van der Waals surface area contributed by atoms with E-state index in [-0.39, 0.29) is 17.9 Å². The molecule has 1 amide bonds. The van der Waals surface area contributed by atoms with Crippen molar-refractivity contribution in [2.45, 2.75) is 57.3 Å². The Balaban J connectivity index is 1.77. The van der Waals surface area contributed by atoms with Gasteiger partial charge in [0.25, 0.3) is 10.0 Å². The van der Waals surface area contributed by atoms with E-state index in [9.17, 15) is 13.2 Å². The molecule has 36 heavy (non-hydrogen) atoms. The van der Waals surface area contributed by atoms with Gasteiger partial charge < -0.3 is 4.74 Å². The van der Waals surface area contributed by atoms with E-state index < -0.39 is 15.9 Å². The zero-order valence-electron chi connectivity index (χ0n) is 20.5. The third kappa shape index (κ3) is 7.34. The van der Waals surface area contributed by atoms with Crippen LogP contribution in [0.15, 0.2) is 76.1 Å². The highest BCUT2D eigenvalue weighted by Crippen LogP contribution is 2.28. The number of aryl methyl sites for hydroxylation is 2. The first-order valence-corrected chi connectivity index (χ1v) is 14.7. The Morgan fingerprint density at radius 1 is 0.944 bits per heavy atom. The van der Waals surface area contributed by atoms with Gasteiger partial charge in [-0.05, 0) is 101 Å². The minimum Gasteiger partial charge on any atom is -0.492 e. The van der Waals surface area contributed by atoms with E-state index in [0.29, 0.717) is 22.9 Å². The fraction of sp³-hybridized carbons (Fsp3) is 0.321. The van der Waals surface area contributed by atoms with Crippen LogP contribution in [-0.2, 0) is 27.7 Å². The van der Waals surface area contributed by atoms with Crippen LogP contribution in [0.5, 0.6) is 5.75 Å². The number of hydrogen-bond acceptors (Lipinski definition) is 4. The minimum absolute atomic E-state index is 0.00602. The van der Waals surface area contributed by atoms with Crippen LogP contribution in [-0.4, -0.2) is 20.9 Å². The summed E-state index contributed by atoms with van der Waals surface area (Å²) in [5.74, 6) is 0.170. The summed E-state index contributed by atoms with van der Waals surface area (Å²) >= 11 is 9.46. The predicted molar refractivity (Wildman–Crippen MR) is 149 cm³/mol. The largest absolute Gasteiger partial charge is 0.492 e. The SMILES string of the molecule is CCCCc1ccc(N(C(=O)CCCOc2ccc(CC)cc2Br)S(=O)(=O)c2ccc(Cl)cc2)cc1. The molecule has 0 fully saturated rings. The van der Waals surface area contributed by atoms with Crippen LogP contribution >= 0.6 is 27.5 Å². The number of amides is 1. The summed E-state index contributed by atoms with van der Waals surface area (Å²) in [4.78, 5) is 13.3. The molecule has 0 bridgehead atoms. The van der Waals surface area contributed by atoms with E-state index in [2.05, 4.69) is 29.8 Å². The molecule has 0 atom stereocenters. The molecule has 192 valence electrons. The number of unbranched alkanes of at least 4 members (excludes halogenated alkanes) is 1. The van der Waals surface area contributed by atoms with Crippen LogP contribution in [0.25, 0.3) is 0 Å². The average molecular weight is 593 g/mol. The van der Waals surface area contributed by atoms with E-state index in [1.54, 1.807) is 12.1 Å². The predicted octanol–water partition coefficient (Wildman–Crippen LogP) is 7.59. The fourth-order valence-corrected chi connectivity index (χ4v) is 5.81. The average Bonchev–Trinajstić information content (AvgIpc) is 2.87. The van der Waals surface area contributed by atoms with Crippen molar-refractivity contribution in [2.75, 3.05) is 10.9 Å². The van der Waals surface area contributed by atoms with Gasteiger partial charge in [-0.1, -0.05) is 50.1 Å². The molecule has 0 aromatic heterocycles. The number of benzene rings is 3. The molecular weight excluding hydrogens is 562 g/mol. The first kappa shape index (κ1) is 28.2. The van der Waals surface area contributed by atoms with E-state index in [1.165, 1.54) is 29.8 Å². The quantitative estimate of drug-likeness (QED) is 0.203. The second-order valence-corrected chi connectivity index (χ2v) is 11.5. The van der Waals surface area contributed by atoms with E-state index >= 15 is 0 Å². The van der Waals surface area contributed by atoms with Crippen LogP contribution in [0.2, 0.25) is 5.02 Å². The maximum atomic E-state index is 13.5. The van der Waals surface area contributed by atoms with Crippen molar-refractivity contribution in [3.05, 3.63) is 87.4 Å². The van der Waals surface area contributed by atoms with E-state index in [4.69, 9.17) is 16.3 Å². The number of anilines is 1. The van der Waals surface area contributed by atoms with Crippen LogP contribution in [0.3, 0.4) is 0 Å². The molecular formula is C28H31BrClNO4S. The van der Waals surface area contributed by atoms with Gasteiger partial charge in [0.2, 0.25) is 5.91 Å². The van der Waals surface area contributed by atoms with Crippen molar-refractivity contribution in [2.24, 2.45) is 0 Å². The molecule has 0 aliphatic heterocycles. The third-order valence-electron chi connectivity index (χ3n) is 5.77. The van der Waals surface area contributed by atoms with Crippen molar-refractivity contribution in [3.63, 3.8) is 0 Å². The van der Waals surface area contributed by atoms with Gasteiger partial charge in [-0.2, -0.15) is 0 Å². The molecule has 0 saturated carbocycles. The summed E-state index contributed by atoms with van der Waals surface area (Å²) < 4.78 is 34.6. The summed E-state index contributed by atoms with van der Waals surface area (Å²) in [6, 6.07) is 18.9. The highest BCUT2D eigenvalue weighted by molar-refractivity contribution is 9.10. The van der Waals surface area contributed by atoms with Crippen LogP contribution in [0.1, 0.15) is 50.7 Å². The lowest BCUT2D eigenvalue weighted by Gasteiger charge is -2.23. The second-order valence-electron chi connectivity index (χ2n) is 8.46. The second kappa shape index (κ2) is 13.3. The lowest BCUT2D eigenvalue weighted by Crippen LogP contribution is -2.37. The van der Waals surface area contributed by atoms with Gasteiger partial charge in [-0.15, -0.1) is 0 Å². The highest BCUT2D eigenvalue weighted by atomic mass is 79.9. The molecule has 0 aliphatic rings. The number of carbonyl (C=O) groups is 1. The Kier molecular flexibility index (Phi) is 10.4. The van der Waals surface area contributed by atoms with E-state index in [1.807, 2.05) is 30.3 Å². The molecule has 3 aromatic carbocycles. The number of halogens is 2. The standard InChI is InChI=1S/C28H31BrClNO4S/c1-3-5-7-22-9-14-24(15-10-22)31(36(33,34)25-16-12-23(30)13-17-25)28(32)8-6-19-35-27-18-11-21(4-2)20-26(27)29/h9-18,20H,3-8,19H2,1-2H3. The Morgan fingerprint density at radius 2 is 1.61 bits per heavy atom. The molecule has 3 aromatic rings. The van der Waals surface area contributed by atoms with Gasteiger partial charge >= 0.3 is 0 Å². The van der Waals surface area contributed by atoms with Crippen molar-refractivity contribution in [3.8, 4) is 5.75 Å². The lowest BCUT2D eigenvalue weighted by molar-refractivity contribution is -0.117. The summed E-state index contributed by atoms with van der Waals surface area (Å²) in [5.41, 5.74) is 2.60. The van der Waals surface area contributed by atoms with Crippen molar-refractivity contribution in [1.29, 1.82) is 0 Å². The molecule has 0 spiro atoms. The molecule has 0 unspecified atom stereocenters. The van der Waals surface area contributed by atoms with Gasteiger partial charge in [-0.3, -0.25) is 4.79 Å². The molecule has 0 saturated heterocycles. The Hall–Kier alpha value is -2.35. The Morgan fingerprint density at radius 3 is 2.22 bits per heavy atom. The summed E-state index contributed by atoms with van der Waals surface area (Å²) in [7, 11) is -4.13. The number of hydrogen-bond donors (Lipinski definition) is 0. The summed E-state index contributed by atoms with van der Waals surface area (Å²) in [5, 5.41) is 0.419. The number of nitrogens with zero attached hydrogens (tertiary/aromatic N) is 1. The molecule has 0 heterocycles. The monoisotopic (exact) mass is 591 g/mol. The topological polar surface area (TPSA) is 63.7 Å². The minimum atomic E-state index is -4.13. The van der Waals surface area contributed by atoms with Gasteiger partial charge in [0, 0.05) is 11.4 Å². The maximum Gasteiger partial charge on any atom is 0.270 e. The zero-order chi connectivity index (χ0) is 26.1. The first-order valence-electron chi connectivity index (χ1n) is 12.1. The third-order valence-corrected chi connectivity index (χ3v) is 8.40. The van der Waals surface area contributed by atoms with Crippen LogP contribution in [0, 0.1) is 0 Å². The zero-order valence-corrected chi connectivity index (χ0v) is 23.7. The first-order chi connectivity index (χ1) is 17.3. The highest BCUT2D eigenvalue weighted by Gasteiger charge is 2.30. The van der Waals surface area contributed by atoms with Crippen LogP contribution in [0.4, 0.5) is 5.69 Å². The van der Waals surface area contributed by atoms with Crippen molar-refractivity contribution < 1.29 is 17.9 Å². The molecule has 0 radical (unpaired) electrons. The van der Waals surface area contributed by atoms with Crippen molar-refractivity contribution in [1.82, 2.24) is 0 Å². The summed E-state index contributed by atoms with van der Waals surface area (Å²) in [6.45, 7) is 4.48. The molecule has 8 heteroatoms. The molecule has 5 nitrogen and oxygen atoms in total. The summed E-state index contributed by atoms with van der Waals surface area (Å²) in [6.07, 6.45) is 4.31. The fourth-order valence-electron chi connectivity index (χ4n) is 3.70. The van der Waals surface area contributed by atoms with Gasteiger partial charge in [0.05, 0.1) is 21.7 Å². The molecule has 0 N–H and O–H groups in total. The number of rotatable bonds is 12. The van der Waals surface area contributed by atoms with Gasteiger partial charge in [0.15, 0.2) is 0 Å². The van der Waals surface area contributed by atoms with Crippen LogP contribution < -0.4 is 9.04 Å². The van der Waals surface area contributed by atoms with Gasteiger partial charge in [0.1, 0.15) is 5.75 Å².